The number of benzene rings is 1. The van der Waals surface area contributed by atoms with E-state index in [0.29, 0.717) is 27.9 Å². The molecule has 23 heavy (non-hydrogen) atoms. The van der Waals surface area contributed by atoms with Crippen molar-refractivity contribution in [1.29, 1.82) is 0 Å². The number of unbranched alkanes of at least 4 members (excludes halogenated alkanes) is 1. The fourth-order valence-corrected chi connectivity index (χ4v) is 2.03. The lowest BCUT2D eigenvalue weighted by atomic mass is 10.2. The van der Waals surface area contributed by atoms with Crippen molar-refractivity contribution >= 4 is 34.8 Å². The standard InChI is InChI=1S/C15H19ClN6O/c1-2-3-7-18-13-12(17)14(20-9-19-13)21-22-15(23)10-5-4-6-11(16)8-10/h4-6,8-9H,2-3,7,17H2,1H3,(H,22,23)(H2,18,19,20,21). The topological polar surface area (TPSA) is 105 Å². The van der Waals surface area contributed by atoms with Gasteiger partial charge in [-0.1, -0.05) is 31.0 Å². The van der Waals surface area contributed by atoms with Crippen molar-refractivity contribution in [3.8, 4) is 0 Å². The molecule has 0 radical (unpaired) electrons. The minimum absolute atomic E-state index is 0.328. The molecule has 0 aliphatic heterocycles. The number of hydrazine groups is 1. The van der Waals surface area contributed by atoms with E-state index in [9.17, 15) is 4.79 Å². The van der Waals surface area contributed by atoms with E-state index in [1.807, 2.05) is 0 Å². The molecule has 5 N–H and O–H groups in total. The zero-order valence-electron chi connectivity index (χ0n) is 12.8. The lowest BCUT2D eigenvalue weighted by molar-refractivity contribution is 0.0962. The Morgan fingerprint density at radius 3 is 2.83 bits per heavy atom. The molecule has 0 bridgehead atoms. The molecular formula is C15H19ClN6O. The first-order chi connectivity index (χ1) is 11.1. The summed E-state index contributed by atoms with van der Waals surface area (Å²) in [4.78, 5) is 20.2. The molecule has 1 heterocycles. The molecule has 0 spiro atoms. The number of nitrogens with one attached hydrogen (secondary N) is 3. The number of nitrogen functional groups attached to an aromatic ring is 1. The van der Waals surface area contributed by atoms with Crippen LogP contribution in [0.15, 0.2) is 30.6 Å². The number of aromatic nitrogens is 2. The Morgan fingerprint density at radius 2 is 2.09 bits per heavy atom. The zero-order chi connectivity index (χ0) is 16.7. The van der Waals surface area contributed by atoms with E-state index in [4.69, 9.17) is 17.3 Å². The second kappa shape index (κ2) is 8.19. The van der Waals surface area contributed by atoms with E-state index in [-0.39, 0.29) is 5.91 Å². The van der Waals surface area contributed by atoms with Crippen molar-refractivity contribution in [1.82, 2.24) is 15.4 Å². The number of amides is 1. The minimum Gasteiger partial charge on any atom is -0.393 e. The Balaban J connectivity index is 2.00. The number of nitrogens with zero attached hydrogens (tertiary/aromatic N) is 2. The lowest BCUT2D eigenvalue weighted by Crippen LogP contribution is -2.30. The van der Waals surface area contributed by atoms with E-state index in [2.05, 4.69) is 33.1 Å². The highest BCUT2D eigenvalue weighted by atomic mass is 35.5. The van der Waals surface area contributed by atoms with E-state index < -0.39 is 0 Å². The van der Waals surface area contributed by atoms with Crippen LogP contribution in [-0.4, -0.2) is 22.4 Å². The molecule has 0 fully saturated rings. The Morgan fingerprint density at radius 1 is 1.30 bits per heavy atom. The summed E-state index contributed by atoms with van der Waals surface area (Å²) in [6, 6.07) is 6.62. The normalized spacial score (nSPS) is 10.2. The van der Waals surface area contributed by atoms with Gasteiger partial charge in [0.1, 0.15) is 12.0 Å². The number of carbonyl (C=O) groups is 1. The van der Waals surface area contributed by atoms with Crippen LogP contribution in [0.1, 0.15) is 30.1 Å². The fraction of sp³-hybridized carbons (Fsp3) is 0.267. The van der Waals surface area contributed by atoms with Crippen LogP contribution >= 0.6 is 11.6 Å². The summed E-state index contributed by atoms with van der Waals surface area (Å²) in [6.45, 7) is 2.87. The highest BCUT2D eigenvalue weighted by Crippen LogP contribution is 2.21. The molecule has 7 nitrogen and oxygen atoms in total. The summed E-state index contributed by atoms with van der Waals surface area (Å²) < 4.78 is 0. The van der Waals surface area contributed by atoms with Crippen LogP contribution in [0, 0.1) is 0 Å². The summed E-state index contributed by atoms with van der Waals surface area (Å²) in [5.41, 5.74) is 12.0. The number of nitrogens with two attached hydrogens (primary N) is 1. The van der Waals surface area contributed by atoms with Crippen molar-refractivity contribution in [2.24, 2.45) is 0 Å². The van der Waals surface area contributed by atoms with Crippen molar-refractivity contribution in [3.63, 3.8) is 0 Å². The van der Waals surface area contributed by atoms with Crippen LogP contribution < -0.4 is 21.9 Å². The van der Waals surface area contributed by atoms with Crippen molar-refractivity contribution in [3.05, 3.63) is 41.2 Å². The summed E-state index contributed by atoms with van der Waals surface area (Å²) in [6.07, 6.45) is 3.45. The van der Waals surface area contributed by atoms with E-state index in [1.54, 1.807) is 24.3 Å². The molecule has 1 aromatic carbocycles. The molecule has 8 heteroatoms. The van der Waals surface area contributed by atoms with Crippen LogP contribution in [0.5, 0.6) is 0 Å². The third-order valence-electron chi connectivity index (χ3n) is 3.09. The largest absolute Gasteiger partial charge is 0.393 e. The summed E-state index contributed by atoms with van der Waals surface area (Å²) in [5.74, 6) is 0.522. The number of anilines is 3. The van der Waals surface area contributed by atoms with Crippen LogP contribution in [0.4, 0.5) is 17.3 Å². The second-order valence-corrected chi connectivity index (χ2v) is 5.29. The number of rotatable bonds is 7. The smallest absolute Gasteiger partial charge is 0.269 e. The van der Waals surface area contributed by atoms with Gasteiger partial charge in [0, 0.05) is 17.1 Å². The maximum atomic E-state index is 12.0. The van der Waals surface area contributed by atoms with E-state index in [0.717, 1.165) is 19.4 Å². The molecule has 0 atom stereocenters. The van der Waals surface area contributed by atoms with Gasteiger partial charge < -0.3 is 11.1 Å². The Kier molecular flexibility index (Phi) is 5.99. The molecule has 1 aromatic heterocycles. The van der Waals surface area contributed by atoms with Crippen LogP contribution in [0.3, 0.4) is 0 Å². The van der Waals surface area contributed by atoms with Gasteiger partial charge in [-0.25, -0.2) is 9.97 Å². The average molecular weight is 335 g/mol. The maximum Gasteiger partial charge on any atom is 0.269 e. The van der Waals surface area contributed by atoms with Gasteiger partial charge in [-0.2, -0.15) is 0 Å². The molecule has 0 unspecified atom stereocenters. The first kappa shape index (κ1) is 16.8. The van der Waals surface area contributed by atoms with Gasteiger partial charge in [-0.15, -0.1) is 0 Å². The van der Waals surface area contributed by atoms with Crippen LogP contribution in [0.25, 0.3) is 0 Å². The van der Waals surface area contributed by atoms with E-state index >= 15 is 0 Å². The zero-order valence-corrected chi connectivity index (χ0v) is 13.5. The van der Waals surface area contributed by atoms with Gasteiger partial charge in [0.15, 0.2) is 11.6 Å². The van der Waals surface area contributed by atoms with Gasteiger partial charge in [-0.3, -0.25) is 15.6 Å². The molecule has 2 aromatic rings. The SMILES string of the molecule is CCCCNc1ncnc(NNC(=O)c2cccc(Cl)c2)c1N. The Bertz CT molecular complexity index is 679. The molecule has 0 saturated carbocycles. The average Bonchev–Trinajstić information content (AvgIpc) is 2.55. The molecule has 122 valence electrons. The fourth-order valence-electron chi connectivity index (χ4n) is 1.84. The second-order valence-electron chi connectivity index (χ2n) is 4.85. The maximum absolute atomic E-state index is 12.0. The van der Waals surface area contributed by atoms with Gasteiger partial charge in [0.05, 0.1) is 0 Å². The number of hydrogen-bond donors (Lipinski definition) is 4. The predicted octanol–water partition coefficient (Wildman–Crippen LogP) is 2.68. The predicted molar refractivity (Wildman–Crippen MR) is 92.4 cm³/mol. The van der Waals surface area contributed by atoms with Crippen LogP contribution in [0.2, 0.25) is 5.02 Å². The van der Waals surface area contributed by atoms with Gasteiger partial charge >= 0.3 is 0 Å². The van der Waals surface area contributed by atoms with Crippen LogP contribution in [-0.2, 0) is 0 Å². The molecule has 0 aliphatic carbocycles. The highest BCUT2D eigenvalue weighted by molar-refractivity contribution is 6.30. The van der Waals surface area contributed by atoms with Gasteiger partial charge in [-0.05, 0) is 24.6 Å². The van der Waals surface area contributed by atoms with Crippen molar-refractivity contribution in [2.75, 3.05) is 23.0 Å². The molecule has 1 amide bonds. The first-order valence-corrected chi connectivity index (χ1v) is 7.66. The monoisotopic (exact) mass is 334 g/mol. The number of hydrogen-bond acceptors (Lipinski definition) is 6. The van der Waals surface area contributed by atoms with E-state index in [1.165, 1.54) is 6.33 Å². The van der Waals surface area contributed by atoms with Gasteiger partial charge in [0.25, 0.3) is 5.91 Å². The molecule has 0 aliphatic rings. The summed E-state index contributed by atoms with van der Waals surface area (Å²) in [5, 5.41) is 3.62. The third kappa shape index (κ3) is 4.72. The quantitative estimate of drug-likeness (QED) is 0.458. The summed E-state index contributed by atoms with van der Waals surface area (Å²) in [7, 11) is 0. The summed E-state index contributed by atoms with van der Waals surface area (Å²) >= 11 is 5.86. The molecule has 2 rings (SSSR count). The molecular weight excluding hydrogens is 316 g/mol. The van der Waals surface area contributed by atoms with Crippen molar-refractivity contribution < 1.29 is 4.79 Å². The third-order valence-corrected chi connectivity index (χ3v) is 3.32. The Hall–Kier alpha value is -2.54. The lowest BCUT2D eigenvalue weighted by Gasteiger charge is -2.13. The number of halogens is 1. The first-order valence-electron chi connectivity index (χ1n) is 7.28. The number of carbonyl (C=O) groups excluding carboxylic acids is 1. The van der Waals surface area contributed by atoms with Crippen molar-refractivity contribution in [2.45, 2.75) is 19.8 Å². The minimum atomic E-state index is -0.342. The highest BCUT2D eigenvalue weighted by Gasteiger charge is 2.10. The molecule has 0 saturated heterocycles. The van der Waals surface area contributed by atoms with Gasteiger partial charge in [0.2, 0.25) is 0 Å². The Labute approximate surface area is 139 Å².